The number of fused-ring (bicyclic) bond motifs is 1. The third-order valence-corrected chi connectivity index (χ3v) is 4.43. The Morgan fingerprint density at radius 1 is 1.28 bits per heavy atom. The van der Waals surface area contributed by atoms with Crippen molar-refractivity contribution >= 4 is 34.4 Å². The van der Waals surface area contributed by atoms with E-state index in [0.717, 1.165) is 16.5 Å². The van der Waals surface area contributed by atoms with Crippen molar-refractivity contribution in [1.29, 1.82) is 0 Å². The minimum Gasteiger partial charge on any atom is -0.361 e. The summed E-state index contributed by atoms with van der Waals surface area (Å²) in [6.45, 7) is 2.88. The Balaban J connectivity index is 1.69. The van der Waals surface area contributed by atoms with E-state index in [2.05, 4.69) is 20.8 Å². The first-order valence-corrected chi connectivity index (χ1v) is 9.13. The first-order chi connectivity index (χ1) is 13.8. The number of para-hydroxylation sites is 1. The van der Waals surface area contributed by atoms with Crippen molar-refractivity contribution in [1.82, 2.24) is 20.4 Å². The number of benzene rings is 1. The van der Waals surface area contributed by atoms with Gasteiger partial charge in [-0.1, -0.05) is 23.4 Å². The Hall–Kier alpha value is -3.62. The smallest absolute Gasteiger partial charge is 0.245 e. The van der Waals surface area contributed by atoms with Gasteiger partial charge in [0.2, 0.25) is 17.7 Å². The molecule has 3 amide bonds. The molecule has 2 heterocycles. The lowest BCUT2D eigenvalue weighted by molar-refractivity contribution is -0.137. The Morgan fingerprint density at radius 2 is 2.03 bits per heavy atom. The minimum absolute atomic E-state index is 0.186. The van der Waals surface area contributed by atoms with Crippen LogP contribution in [-0.4, -0.2) is 52.4 Å². The second-order valence-electron chi connectivity index (χ2n) is 6.88. The Kier molecular flexibility index (Phi) is 5.96. The number of anilines is 1. The number of carbonyl (C=O) groups is 3. The number of likely N-dealkylation sites (N-methyl/N-ethyl adjacent to an activating group) is 1. The fourth-order valence-corrected chi connectivity index (χ4v) is 3.13. The van der Waals surface area contributed by atoms with E-state index < -0.39 is 11.9 Å². The van der Waals surface area contributed by atoms with Gasteiger partial charge in [0.1, 0.15) is 11.8 Å². The Labute approximate surface area is 167 Å². The fourth-order valence-electron chi connectivity index (χ4n) is 3.13. The van der Waals surface area contributed by atoms with Crippen LogP contribution in [0.5, 0.6) is 0 Å². The van der Waals surface area contributed by atoms with Crippen molar-refractivity contribution in [3.05, 3.63) is 47.9 Å². The summed E-state index contributed by atoms with van der Waals surface area (Å²) in [7, 11) is 1.51. The zero-order valence-corrected chi connectivity index (χ0v) is 16.5. The number of H-pyrrole nitrogens is 1. The molecule has 0 aliphatic rings. The number of aromatic nitrogens is 2. The zero-order valence-electron chi connectivity index (χ0n) is 16.5. The number of rotatable bonds is 7. The number of aromatic amines is 1. The van der Waals surface area contributed by atoms with Gasteiger partial charge in [0, 0.05) is 43.6 Å². The highest BCUT2D eigenvalue weighted by atomic mass is 16.5. The van der Waals surface area contributed by atoms with Gasteiger partial charge in [-0.25, -0.2) is 0 Å². The zero-order chi connectivity index (χ0) is 21.0. The van der Waals surface area contributed by atoms with Crippen molar-refractivity contribution in [3.8, 4) is 0 Å². The van der Waals surface area contributed by atoms with Gasteiger partial charge in [-0.2, -0.15) is 0 Å². The van der Waals surface area contributed by atoms with Crippen LogP contribution in [0.1, 0.15) is 18.2 Å². The van der Waals surface area contributed by atoms with Crippen LogP contribution in [0.15, 0.2) is 41.1 Å². The van der Waals surface area contributed by atoms with Crippen molar-refractivity contribution in [2.45, 2.75) is 26.3 Å². The topological polar surface area (TPSA) is 120 Å². The molecule has 0 unspecified atom stereocenters. The van der Waals surface area contributed by atoms with Crippen LogP contribution in [-0.2, 0) is 20.8 Å². The third kappa shape index (κ3) is 5.01. The van der Waals surface area contributed by atoms with Gasteiger partial charge in [0.15, 0.2) is 5.82 Å². The van der Waals surface area contributed by atoms with Gasteiger partial charge in [-0.15, -0.1) is 0 Å². The van der Waals surface area contributed by atoms with Gasteiger partial charge < -0.3 is 25.0 Å². The lowest BCUT2D eigenvalue weighted by atomic mass is 10.0. The SMILES string of the molecule is CC(=O)N[C@@H](Cc1c[nH]c2ccccc12)C(=O)N(C)CC(=O)Nc1cc(C)on1. The van der Waals surface area contributed by atoms with E-state index >= 15 is 0 Å². The average molecular weight is 397 g/mol. The lowest BCUT2D eigenvalue weighted by Crippen LogP contribution is -2.49. The number of carbonyl (C=O) groups excluding carboxylic acids is 3. The molecule has 0 bridgehead atoms. The van der Waals surface area contributed by atoms with Crippen LogP contribution in [0.25, 0.3) is 10.9 Å². The van der Waals surface area contributed by atoms with Gasteiger partial charge in [-0.05, 0) is 18.6 Å². The number of nitrogens with one attached hydrogen (secondary N) is 3. The van der Waals surface area contributed by atoms with Crippen LogP contribution >= 0.6 is 0 Å². The molecule has 2 aromatic heterocycles. The van der Waals surface area contributed by atoms with E-state index in [1.54, 1.807) is 13.0 Å². The molecule has 3 aromatic rings. The summed E-state index contributed by atoms with van der Waals surface area (Å²) in [6, 6.07) is 8.51. The molecule has 9 nitrogen and oxygen atoms in total. The molecule has 0 saturated heterocycles. The molecule has 0 aliphatic carbocycles. The van der Waals surface area contributed by atoms with E-state index in [4.69, 9.17) is 4.52 Å². The average Bonchev–Trinajstić information content (AvgIpc) is 3.26. The molecule has 0 saturated carbocycles. The standard InChI is InChI=1S/C20H23N5O4/c1-12-8-18(24-29-12)23-19(27)11-25(3)20(28)17(22-13(2)26)9-14-10-21-16-7-5-4-6-15(14)16/h4-8,10,17,21H,9,11H2,1-3H3,(H,22,26)(H,23,24,27)/t17-/m0/s1. The van der Waals surface area contributed by atoms with Crippen molar-refractivity contribution in [2.75, 3.05) is 18.9 Å². The molecular weight excluding hydrogens is 374 g/mol. The molecule has 3 rings (SSSR count). The first-order valence-electron chi connectivity index (χ1n) is 9.13. The van der Waals surface area contributed by atoms with Crippen molar-refractivity contribution in [3.63, 3.8) is 0 Å². The number of aryl methyl sites for hydroxylation is 1. The van der Waals surface area contributed by atoms with Crippen LogP contribution in [0.4, 0.5) is 5.82 Å². The Morgan fingerprint density at radius 3 is 2.72 bits per heavy atom. The first kappa shape index (κ1) is 20.1. The molecule has 0 radical (unpaired) electrons. The molecule has 1 atom stereocenters. The maximum absolute atomic E-state index is 12.9. The molecule has 152 valence electrons. The van der Waals surface area contributed by atoms with Crippen molar-refractivity contribution < 1.29 is 18.9 Å². The minimum atomic E-state index is -0.793. The Bertz CT molecular complexity index is 1040. The van der Waals surface area contributed by atoms with E-state index in [9.17, 15) is 14.4 Å². The molecule has 0 aliphatic heterocycles. The van der Waals surface area contributed by atoms with E-state index in [0.29, 0.717) is 12.2 Å². The maximum Gasteiger partial charge on any atom is 0.245 e. The van der Waals surface area contributed by atoms with E-state index in [1.165, 1.54) is 18.9 Å². The molecular formula is C20H23N5O4. The molecule has 1 aromatic carbocycles. The van der Waals surface area contributed by atoms with Gasteiger partial charge in [-0.3, -0.25) is 14.4 Å². The van der Waals surface area contributed by atoms with Crippen molar-refractivity contribution in [2.24, 2.45) is 0 Å². The number of hydrogen-bond donors (Lipinski definition) is 3. The summed E-state index contributed by atoms with van der Waals surface area (Å²) in [4.78, 5) is 41.2. The molecule has 0 spiro atoms. The van der Waals surface area contributed by atoms with Crippen LogP contribution in [0.2, 0.25) is 0 Å². The van der Waals surface area contributed by atoms with Gasteiger partial charge >= 0.3 is 0 Å². The number of hydrogen-bond acceptors (Lipinski definition) is 5. The van der Waals surface area contributed by atoms with E-state index in [-0.39, 0.29) is 24.2 Å². The second kappa shape index (κ2) is 8.59. The second-order valence-corrected chi connectivity index (χ2v) is 6.88. The summed E-state index contributed by atoms with van der Waals surface area (Å²) in [5, 5.41) is 9.93. The maximum atomic E-state index is 12.9. The summed E-state index contributed by atoms with van der Waals surface area (Å²) < 4.78 is 4.90. The molecule has 3 N–H and O–H groups in total. The molecule has 9 heteroatoms. The van der Waals surface area contributed by atoms with Crippen LogP contribution in [0, 0.1) is 6.92 Å². The predicted octanol–water partition coefficient (Wildman–Crippen LogP) is 1.61. The lowest BCUT2D eigenvalue weighted by Gasteiger charge is -2.23. The van der Waals surface area contributed by atoms with Crippen LogP contribution in [0.3, 0.4) is 0 Å². The largest absolute Gasteiger partial charge is 0.361 e. The highest BCUT2D eigenvalue weighted by Gasteiger charge is 2.25. The highest BCUT2D eigenvalue weighted by molar-refractivity contribution is 5.95. The van der Waals surface area contributed by atoms with Gasteiger partial charge in [0.05, 0.1) is 6.54 Å². The summed E-state index contributed by atoms with van der Waals surface area (Å²) in [5.74, 6) is -0.251. The summed E-state index contributed by atoms with van der Waals surface area (Å²) >= 11 is 0. The fraction of sp³-hybridized carbons (Fsp3) is 0.300. The van der Waals surface area contributed by atoms with E-state index in [1.807, 2.05) is 30.5 Å². The quantitative estimate of drug-likeness (QED) is 0.559. The predicted molar refractivity (Wildman–Crippen MR) is 107 cm³/mol. The monoisotopic (exact) mass is 397 g/mol. The highest BCUT2D eigenvalue weighted by Crippen LogP contribution is 2.19. The number of nitrogens with zero attached hydrogens (tertiary/aromatic N) is 2. The summed E-state index contributed by atoms with van der Waals surface area (Å²) in [5.41, 5.74) is 1.86. The molecule has 0 fully saturated rings. The number of amides is 3. The molecule has 29 heavy (non-hydrogen) atoms. The van der Waals surface area contributed by atoms with Crippen LogP contribution < -0.4 is 10.6 Å². The summed E-state index contributed by atoms with van der Waals surface area (Å²) in [6.07, 6.45) is 2.13. The normalized spacial score (nSPS) is 11.8. The third-order valence-electron chi connectivity index (χ3n) is 4.43. The van der Waals surface area contributed by atoms with Gasteiger partial charge in [0.25, 0.3) is 0 Å².